The van der Waals surface area contributed by atoms with Gasteiger partial charge < -0.3 is 4.74 Å². The summed E-state index contributed by atoms with van der Waals surface area (Å²) >= 11 is 9.19. The topological polar surface area (TPSA) is 52.1 Å². The van der Waals surface area contributed by atoms with Crippen LogP contribution in [0.1, 0.15) is 34.1 Å². The number of thioether (sulfide) groups is 1. The van der Waals surface area contributed by atoms with Gasteiger partial charge >= 0.3 is 5.97 Å². The normalized spacial score (nSPS) is 11.0. The average molecular weight is 393 g/mol. The highest BCUT2D eigenvalue weighted by atomic mass is 35.5. The van der Waals surface area contributed by atoms with E-state index in [0.29, 0.717) is 21.8 Å². The minimum Gasteiger partial charge on any atom is -0.462 e. The Hall–Kier alpha value is -1.63. The number of fused-ring (bicyclic) bond motifs is 1. The molecule has 25 heavy (non-hydrogen) atoms. The van der Waals surface area contributed by atoms with Crippen LogP contribution in [0.5, 0.6) is 0 Å². The molecule has 0 radical (unpaired) electrons. The molecular formula is C18H17ClN2O2S2. The molecule has 7 heteroatoms. The third kappa shape index (κ3) is 4.14. The molecule has 0 saturated carbocycles. The van der Waals surface area contributed by atoms with E-state index < -0.39 is 0 Å². The van der Waals surface area contributed by atoms with E-state index in [1.54, 1.807) is 0 Å². The van der Waals surface area contributed by atoms with Gasteiger partial charge in [-0.05, 0) is 24.5 Å². The smallest absolute Gasteiger partial charge is 0.348 e. The molecule has 0 aliphatic rings. The lowest BCUT2D eigenvalue weighted by Crippen LogP contribution is -2.05. The van der Waals surface area contributed by atoms with Crippen LogP contribution in [0.25, 0.3) is 10.2 Å². The molecular weight excluding hydrogens is 376 g/mol. The summed E-state index contributed by atoms with van der Waals surface area (Å²) in [5, 5.41) is 1.72. The number of benzene rings is 1. The van der Waals surface area contributed by atoms with E-state index in [-0.39, 0.29) is 5.97 Å². The summed E-state index contributed by atoms with van der Waals surface area (Å²) in [4.78, 5) is 22.4. The van der Waals surface area contributed by atoms with Gasteiger partial charge in [0.25, 0.3) is 0 Å². The van der Waals surface area contributed by atoms with Gasteiger partial charge in [-0.15, -0.1) is 11.3 Å². The lowest BCUT2D eigenvalue weighted by atomic mass is 10.2. The van der Waals surface area contributed by atoms with E-state index in [9.17, 15) is 4.79 Å². The number of thiophene rings is 1. The first kappa shape index (κ1) is 18.2. The molecule has 0 spiro atoms. The zero-order valence-electron chi connectivity index (χ0n) is 13.9. The summed E-state index contributed by atoms with van der Waals surface area (Å²) in [6.07, 6.45) is 0.788. The highest BCUT2D eigenvalue weighted by Gasteiger charge is 2.21. The number of esters is 1. The Morgan fingerprint density at radius 3 is 2.76 bits per heavy atom. The van der Waals surface area contributed by atoms with E-state index in [1.807, 2.05) is 32.0 Å². The summed E-state index contributed by atoms with van der Waals surface area (Å²) in [6, 6.07) is 10.1. The number of aryl methyl sites for hydroxylation is 1. The number of carbonyl (C=O) groups excluding carboxylic acids is 1. The molecule has 0 amide bonds. The van der Waals surface area contributed by atoms with Crippen LogP contribution in [0, 0.1) is 6.92 Å². The van der Waals surface area contributed by atoms with Gasteiger partial charge in [0.15, 0.2) is 5.16 Å². The Morgan fingerprint density at radius 2 is 2.04 bits per heavy atom. The van der Waals surface area contributed by atoms with E-state index in [1.165, 1.54) is 28.7 Å². The number of aromatic nitrogens is 2. The Morgan fingerprint density at radius 1 is 1.28 bits per heavy atom. The molecule has 0 fully saturated rings. The molecule has 130 valence electrons. The first-order valence-electron chi connectivity index (χ1n) is 7.90. The van der Waals surface area contributed by atoms with Crippen molar-refractivity contribution in [2.75, 3.05) is 6.61 Å². The Kier molecular flexibility index (Phi) is 5.93. The second kappa shape index (κ2) is 8.17. The average Bonchev–Trinajstić information content (AvgIpc) is 2.96. The third-order valence-electron chi connectivity index (χ3n) is 3.56. The second-order valence-electron chi connectivity index (χ2n) is 5.44. The van der Waals surface area contributed by atoms with Crippen molar-refractivity contribution in [1.29, 1.82) is 0 Å². The SMILES string of the molecule is CCCOC(=O)c1sc2nc(SCc3ccccc3)nc(Cl)c2c1C. The second-order valence-corrected chi connectivity index (χ2v) is 7.74. The lowest BCUT2D eigenvalue weighted by molar-refractivity contribution is 0.0510. The van der Waals surface area contributed by atoms with Crippen LogP contribution in [0.2, 0.25) is 5.15 Å². The standard InChI is InChI=1S/C18H17ClN2O2S2/c1-3-9-23-17(22)14-11(2)13-15(19)20-18(21-16(13)25-14)24-10-12-7-5-4-6-8-12/h4-8H,3,9-10H2,1-2H3. The highest BCUT2D eigenvalue weighted by Crippen LogP contribution is 2.35. The molecule has 3 rings (SSSR count). The molecule has 2 aromatic heterocycles. The van der Waals surface area contributed by atoms with Gasteiger partial charge in [-0.25, -0.2) is 14.8 Å². The molecule has 3 aromatic rings. The van der Waals surface area contributed by atoms with Crippen LogP contribution in [0.3, 0.4) is 0 Å². The minimum atomic E-state index is -0.322. The molecule has 0 saturated heterocycles. The molecule has 0 N–H and O–H groups in total. The fourth-order valence-corrected chi connectivity index (χ4v) is 4.66. The highest BCUT2D eigenvalue weighted by molar-refractivity contribution is 7.98. The van der Waals surface area contributed by atoms with Crippen LogP contribution < -0.4 is 0 Å². The number of ether oxygens (including phenoxy) is 1. The number of rotatable bonds is 6. The van der Waals surface area contributed by atoms with Crippen LogP contribution in [0.4, 0.5) is 0 Å². The first-order valence-corrected chi connectivity index (χ1v) is 10.1. The molecule has 4 nitrogen and oxygen atoms in total. The van der Waals surface area contributed by atoms with E-state index in [2.05, 4.69) is 22.1 Å². The first-order chi connectivity index (χ1) is 12.1. The zero-order valence-corrected chi connectivity index (χ0v) is 16.3. The minimum absolute atomic E-state index is 0.322. The summed E-state index contributed by atoms with van der Waals surface area (Å²) in [6.45, 7) is 4.22. The molecule has 1 aromatic carbocycles. The summed E-state index contributed by atoms with van der Waals surface area (Å²) in [5.74, 6) is 0.440. The molecule has 0 aliphatic heterocycles. The molecule has 0 bridgehead atoms. The summed E-state index contributed by atoms with van der Waals surface area (Å²) < 4.78 is 5.24. The summed E-state index contributed by atoms with van der Waals surface area (Å²) in [5.41, 5.74) is 1.98. The van der Waals surface area contributed by atoms with Crippen molar-refractivity contribution >= 4 is 50.9 Å². The van der Waals surface area contributed by atoms with Gasteiger partial charge in [-0.2, -0.15) is 0 Å². The number of hydrogen-bond donors (Lipinski definition) is 0. The molecule has 0 atom stereocenters. The third-order valence-corrected chi connectivity index (χ3v) is 5.92. The van der Waals surface area contributed by atoms with Crippen molar-refractivity contribution in [1.82, 2.24) is 9.97 Å². The lowest BCUT2D eigenvalue weighted by Gasteiger charge is -2.03. The maximum absolute atomic E-state index is 12.2. The number of halogens is 1. The Bertz CT molecular complexity index is 897. The monoisotopic (exact) mass is 392 g/mol. The van der Waals surface area contributed by atoms with Gasteiger partial charge in [0.2, 0.25) is 0 Å². The van der Waals surface area contributed by atoms with Gasteiger partial charge in [-0.1, -0.05) is 60.6 Å². The summed E-state index contributed by atoms with van der Waals surface area (Å²) in [7, 11) is 0. The quantitative estimate of drug-likeness (QED) is 0.239. The molecule has 0 aliphatic carbocycles. The Balaban J connectivity index is 1.87. The van der Waals surface area contributed by atoms with Crippen LogP contribution in [-0.2, 0) is 10.5 Å². The Labute approximate surface area is 159 Å². The number of hydrogen-bond acceptors (Lipinski definition) is 6. The van der Waals surface area contributed by atoms with Crippen LogP contribution in [-0.4, -0.2) is 22.5 Å². The van der Waals surface area contributed by atoms with E-state index in [0.717, 1.165) is 28.0 Å². The fraction of sp³-hybridized carbons (Fsp3) is 0.278. The molecule has 2 heterocycles. The zero-order chi connectivity index (χ0) is 17.8. The fourth-order valence-electron chi connectivity index (χ4n) is 2.31. The number of carbonyl (C=O) groups is 1. The van der Waals surface area contributed by atoms with Gasteiger partial charge in [-0.3, -0.25) is 0 Å². The largest absolute Gasteiger partial charge is 0.462 e. The van der Waals surface area contributed by atoms with Crippen molar-refractivity contribution in [3.05, 3.63) is 51.5 Å². The van der Waals surface area contributed by atoms with Crippen molar-refractivity contribution in [2.45, 2.75) is 31.2 Å². The van der Waals surface area contributed by atoms with Crippen LogP contribution in [0.15, 0.2) is 35.5 Å². The maximum Gasteiger partial charge on any atom is 0.348 e. The maximum atomic E-state index is 12.2. The van der Waals surface area contributed by atoms with Crippen molar-refractivity contribution < 1.29 is 9.53 Å². The number of nitrogens with zero attached hydrogens (tertiary/aromatic N) is 2. The van der Waals surface area contributed by atoms with Gasteiger partial charge in [0.05, 0.1) is 12.0 Å². The van der Waals surface area contributed by atoms with Crippen molar-refractivity contribution in [2.24, 2.45) is 0 Å². The van der Waals surface area contributed by atoms with Crippen LogP contribution >= 0.6 is 34.7 Å². The predicted molar refractivity (Wildman–Crippen MR) is 104 cm³/mol. The van der Waals surface area contributed by atoms with Crippen molar-refractivity contribution in [3.8, 4) is 0 Å². The van der Waals surface area contributed by atoms with E-state index >= 15 is 0 Å². The van der Waals surface area contributed by atoms with Crippen molar-refractivity contribution in [3.63, 3.8) is 0 Å². The molecule has 0 unspecified atom stereocenters. The van der Waals surface area contributed by atoms with Gasteiger partial charge in [0, 0.05) is 5.75 Å². The van der Waals surface area contributed by atoms with E-state index in [4.69, 9.17) is 16.3 Å². The van der Waals surface area contributed by atoms with Gasteiger partial charge in [0.1, 0.15) is 14.9 Å². The predicted octanol–water partition coefficient (Wildman–Crippen LogP) is 5.51.